The number of carbonyl (C=O) groups excluding carboxylic acids is 1. The second-order valence-corrected chi connectivity index (χ2v) is 14.7. The number of thiophene rings is 1. The van der Waals surface area contributed by atoms with Crippen molar-refractivity contribution in [3.8, 4) is 22.5 Å². The van der Waals surface area contributed by atoms with Gasteiger partial charge in [0.05, 0.1) is 5.69 Å². The van der Waals surface area contributed by atoms with Gasteiger partial charge in [0, 0.05) is 65.2 Å². The summed E-state index contributed by atoms with van der Waals surface area (Å²) >= 11 is 1.74. The van der Waals surface area contributed by atoms with Crippen molar-refractivity contribution in [3.05, 3.63) is 95.8 Å². The summed E-state index contributed by atoms with van der Waals surface area (Å²) in [7, 11) is 0. The van der Waals surface area contributed by atoms with Gasteiger partial charge in [0.15, 0.2) is 5.78 Å². The molecule has 0 bridgehead atoms. The Morgan fingerprint density at radius 2 is 1.51 bits per heavy atom. The van der Waals surface area contributed by atoms with Crippen molar-refractivity contribution in [1.29, 1.82) is 0 Å². The molecule has 0 aliphatic heterocycles. The van der Waals surface area contributed by atoms with Gasteiger partial charge in [-0.05, 0) is 60.2 Å². The van der Waals surface area contributed by atoms with Gasteiger partial charge in [0.2, 0.25) is 0 Å². The van der Waals surface area contributed by atoms with Gasteiger partial charge in [0.1, 0.15) is 5.76 Å². The predicted octanol–water partition coefficient (Wildman–Crippen LogP) is 11.9. The maximum atomic E-state index is 12.2. The number of aliphatic hydroxyl groups is 1. The fraction of sp³-hybridized carbons (Fsp3) is 0.390. The van der Waals surface area contributed by atoms with Crippen molar-refractivity contribution in [1.82, 2.24) is 9.97 Å². The van der Waals surface area contributed by atoms with Crippen LogP contribution in [-0.2, 0) is 30.3 Å². The van der Waals surface area contributed by atoms with Crippen molar-refractivity contribution in [2.24, 2.45) is 10.8 Å². The van der Waals surface area contributed by atoms with E-state index in [1.165, 1.54) is 27.1 Å². The molecule has 0 atom stereocenters. The zero-order chi connectivity index (χ0) is 33.7. The van der Waals surface area contributed by atoms with Crippen molar-refractivity contribution in [2.45, 2.75) is 93.4 Å². The topological polar surface area (TPSA) is 63.1 Å². The van der Waals surface area contributed by atoms with Crippen LogP contribution in [0.4, 0.5) is 0 Å². The molecule has 0 aliphatic rings. The number of benzene rings is 2. The number of aliphatic hydroxyl groups excluding tert-OH is 1. The molecule has 0 fully saturated rings. The first kappa shape index (κ1) is 38.3. The van der Waals surface area contributed by atoms with Crippen LogP contribution in [0.25, 0.3) is 43.4 Å². The fourth-order valence-corrected chi connectivity index (χ4v) is 6.22. The molecule has 3 heterocycles. The number of fused-ring (bicyclic) bond motifs is 2. The Morgan fingerprint density at radius 1 is 0.851 bits per heavy atom. The van der Waals surface area contributed by atoms with Gasteiger partial charge in [-0.3, -0.25) is 14.8 Å². The van der Waals surface area contributed by atoms with E-state index in [2.05, 4.69) is 90.7 Å². The summed E-state index contributed by atoms with van der Waals surface area (Å²) < 4.78 is 1.25. The number of aromatic nitrogens is 2. The van der Waals surface area contributed by atoms with Crippen LogP contribution in [0.1, 0.15) is 93.6 Å². The fourth-order valence-electron chi connectivity index (χ4n) is 5.42. The molecule has 1 N–H and O–H groups in total. The molecule has 0 unspecified atom stereocenters. The quantitative estimate of drug-likeness (QED) is 0.0913. The third-order valence-corrected chi connectivity index (χ3v) is 10.7. The number of allylic oxidation sites excluding steroid dienone is 2. The summed E-state index contributed by atoms with van der Waals surface area (Å²) in [6, 6.07) is 22.7. The van der Waals surface area contributed by atoms with Crippen molar-refractivity contribution < 1.29 is 30.0 Å². The van der Waals surface area contributed by atoms with Crippen LogP contribution in [0.3, 0.4) is 0 Å². The van der Waals surface area contributed by atoms with Gasteiger partial charge in [-0.15, -0.1) is 40.5 Å². The molecule has 251 valence electrons. The first-order valence-electron chi connectivity index (χ1n) is 16.5. The SMILES string of the molecule is CC(C)(C)c1cc(-c2cc(-c3cc4sccc4cn3)ccn2)[c-]c2ccccc12.CCC(C)(CC)C(=O)/C=C(\O)C(C)(CC)CC.[Ir]. The van der Waals surface area contributed by atoms with Gasteiger partial charge in [-0.2, -0.15) is 0 Å². The van der Waals surface area contributed by atoms with Gasteiger partial charge in [-0.1, -0.05) is 97.5 Å². The third-order valence-electron chi connectivity index (χ3n) is 9.85. The van der Waals surface area contributed by atoms with E-state index in [-0.39, 0.29) is 47.9 Å². The number of carbonyl (C=O) groups is 1. The summed E-state index contributed by atoms with van der Waals surface area (Å²) in [5, 5.41) is 15.8. The van der Waals surface area contributed by atoms with Crippen LogP contribution < -0.4 is 0 Å². The van der Waals surface area contributed by atoms with Crippen molar-refractivity contribution in [2.75, 3.05) is 0 Å². The molecule has 6 heteroatoms. The van der Waals surface area contributed by atoms with Crippen LogP contribution in [0.5, 0.6) is 0 Å². The normalized spacial score (nSPS) is 12.4. The zero-order valence-corrected chi connectivity index (χ0v) is 32.5. The number of ketones is 1. The largest absolute Gasteiger partial charge is 0.512 e. The molecule has 0 aliphatic carbocycles. The van der Waals surface area contributed by atoms with Crippen LogP contribution in [-0.4, -0.2) is 20.9 Å². The molecule has 5 rings (SSSR count). The summed E-state index contributed by atoms with van der Waals surface area (Å²) in [6.07, 6.45) is 8.57. The Labute approximate surface area is 299 Å². The van der Waals surface area contributed by atoms with E-state index in [1.807, 2.05) is 60.0 Å². The molecular weight excluding hydrogens is 777 g/mol. The van der Waals surface area contributed by atoms with Crippen LogP contribution in [0.2, 0.25) is 0 Å². The van der Waals surface area contributed by atoms with E-state index in [4.69, 9.17) is 0 Å². The molecule has 47 heavy (non-hydrogen) atoms. The first-order chi connectivity index (χ1) is 21.8. The summed E-state index contributed by atoms with van der Waals surface area (Å²) in [5.74, 6) is 0.286. The third kappa shape index (κ3) is 8.65. The Hall–Kier alpha value is -3.18. The van der Waals surface area contributed by atoms with Gasteiger partial charge >= 0.3 is 0 Å². The minimum absolute atomic E-state index is 0. The zero-order valence-electron chi connectivity index (χ0n) is 29.3. The predicted molar refractivity (Wildman–Crippen MR) is 196 cm³/mol. The standard InChI is InChI=1S/C26H21N2S.C15H28O2.Ir/c1-26(2,3)22-13-20(12-17-6-4-5-7-21(17)22)23-14-18(8-10-27-23)24-15-25-19(16-28-24)9-11-29-25;1-7-14(5,8-2)12(16)11-13(17)15(6,9-3)10-4;/h4-11,13-16H,1-3H3;11,16H,7-10H2,1-6H3;/q-1;;/b;12-11-;. The summed E-state index contributed by atoms with van der Waals surface area (Å²) in [4.78, 5) is 21.5. The summed E-state index contributed by atoms with van der Waals surface area (Å²) in [6.45, 7) is 18.8. The smallest absolute Gasteiger partial charge is 0.164 e. The number of hydrogen-bond donors (Lipinski definition) is 1. The Morgan fingerprint density at radius 3 is 2.15 bits per heavy atom. The molecule has 5 aromatic rings. The number of rotatable bonds is 9. The minimum atomic E-state index is -0.337. The minimum Gasteiger partial charge on any atom is -0.512 e. The molecule has 0 amide bonds. The Balaban J connectivity index is 0.000000290. The monoisotopic (exact) mass is 826 g/mol. The Bertz CT molecular complexity index is 1840. The van der Waals surface area contributed by atoms with Crippen LogP contribution >= 0.6 is 11.3 Å². The van der Waals surface area contributed by atoms with E-state index in [9.17, 15) is 9.90 Å². The van der Waals surface area contributed by atoms with E-state index in [0.717, 1.165) is 53.6 Å². The molecule has 0 saturated carbocycles. The second kappa shape index (κ2) is 15.8. The second-order valence-electron chi connectivity index (χ2n) is 13.8. The average Bonchev–Trinajstić information content (AvgIpc) is 3.55. The molecule has 3 aromatic heterocycles. The van der Waals surface area contributed by atoms with Gasteiger partial charge in [-0.25, -0.2) is 0 Å². The van der Waals surface area contributed by atoms with Crippen molar-refractivity contribution >= 4 is 38.0 Å². The summed E-state index contributed by atoms with van der Waals surface area (Å²) in [5.41, 5.74) is 4.73. The molecule has 1 radical (unpaired) electrons. The molecular formula is C41H49IrN2O2S-. The van der Waals surface area contributed by atoms with Crippen LogP contribution in [0.15, 0.2) is 84.2 Å². The van der Waals surface area contributed by atoms with E-state index >= 15 is 0 Å². The van der Waals surface area contributed by atoms with E-state index in [1.54, 1.807) is 11.3 Å². The van der Waals surface area contributed by atoms with E-state index < -0.39 is 0 Å². The average molecular weight is 826 g/mol. The molecule has 0 saturated heterocycles. The molecule has 0 spiro atoms. The van der Waals surface area contributed by atoms with Gasteiger partial charge in [0.25, 0.3) is 0 Å². The maximum absolute atomic E-state index is 12.2. The number of nitrogens with zero attached hydrogens (tertiary/aromatic N) is 2. The number of hydrogen-bond acceptors (Lipinski definition) is 5. The maximum Gasteiger partial charge on any atom is 0.164 e. The number of pyridine rings is 2. The Kier molecular flexibility index (Phi) is 12.9. The van der Waals surface area contributed by atoms with Crippen molar-refractivity contribution in [3.63, 3.8) is 0 Å². The molecule has 4 nitrogen and oxygen atoms in total. The first-order valence-corrected chi connectivity index (χ1v) is 17.4. The van der Waals surface area contributed by atoms with E-state index in [0.29, 0.717) is 0 Å². The van der Waals surface area contributed by atoms with Crippen LogP contribution in [0, 0.1) is 16.9 Å². The van der Waals surface area contributed by atoms with Gasteiger partial charge < -0.3 is 5.11 Å². The molecule has 2 aromatic carbocycles.